The van der Waals surface area contributed by atoms with E-state index in [2.05, 4.69) is 118 Å². The molecule has 107 heavy (non-hydrogen) atoms. The van der Waals surface area contributed by atoms with E-state index < -0.39 is 0 Å². The molecule has 5 fully saturated rings. The molecule has 0 bridgehead atoms. The minimum absolute atomic E-state index is 0.00244. The zero-order chi connectivity index (χ0) is 75.3. The number of fused-ring (bicyclic) bond motifs is 3. The number of carbonyl (C=O) groups is 3. The number of methoxy groups -OCH3 is 3. The zero-order valence-corrected chi connectivity index (χ0v) is 64.8. The summed E-state index contributed by atoms with van der Waals surface area (Å²) in [5.74, 6) is 5.26. The molecule has 3 amide bonds. The van der Waals surface area contributed by atoms with E-state index in [4.69, 9.17) is 34.2 Å². The second-order valence-electron chi connectivity index (χ2n) is 30.9. The van der Waals surface area contributed by atoms with Crippen molar-refractivity contribution in [2.24, 2.45) is 17.8 Å². The van der Waals surface area contributed by atoms with Gasteiger partial charge in [-0.2, -0.15) is 0 Å². The van der Waals surface area contributed by atoms with E-state index in [1.807, 2.05) is 92.2 Å². The summed E-state index contributed by atoms with van der Waals surface area (Å²) >= 11 is 0. The summed E-state index contributed by atoms with van der Waals surface area (Å²) in [7, 11) is 7.16. The van der Waals surface area contributed by atoms with Crippen LogP contribution in [0.15, 0.2) is 91.8 Å². The normalized spacial score (nSPS) is 20.9. The Kier molecular flexibility index (Phi) is 26.2. The van der Waals surface area contributed by atoms with Gasteiger partial charge in [-0.3, -0.25) is 29.3 Å². The van der Waals surface area contributed by atoms with E-state index in [9.17, 15) is 14.4 Å². The Balaban J connectivity index is 0.000000150. The van der Waals surface area contributed by atoms with Gasteiger partial charge in [0, 0.05) is 172 Å². The standard InChI is InChI=1S/C28H39N7O2.C27H36N6O3.C26H36N6O2/c1-19-5-7-21(8-6-19)25-15-23(26-17-30-28(32-35(25)26)31-20(2)18-37-4)22-9-10-24(29-16-22)27(36)34-13-11-33(3)12-14-34;1-18-4-6-20(7-5-18)24-14-22(25-16-29-27(31-33(24)25)30-19(2)17-35-3)21-8-9-23(28-15-21)26(34)32-10-12-36-13-11-32;1-16(2)29-25(33)22-11-10-20(13-27-22)21-12-23(19-8-6-17(3)7-9-19)32-24(21)14-28-26(31-32)30-18(4)15-34-5/h9-10,15-17,19-21H,5-8,11-14,18H2,1-4H3,(H,31,32);8-9,14-16,18-20H,4-7,10-13,17H2,1-3H3,(H,30,31);10-14,16-19H,6-9,15H2,1-5H3,(H,29,33)(H,30,31)/t19?,20-,21?;18?,19-,20?;17?,18-,19?/m000/s1. The molecule has 0 spiro atoms. The second kappa shape index (κ2) is 36.2. The number of carbonyl (C=O) groups excluding carboxylic acids is 3. The molecule has 9 aromatic heterocycles. The molecule has 2 saturated heterocycles. The second-order valence-corrected chi connectivity index (χ2v) is 30.9. The summed E-state index contributed by atoms with van der Waals surface area (Å²) in [4.78, 5) is 71.4. The molecule has 26 heteroatoms. The van der Waals surface area contributed by atoms with Crippen LogP contribution in [0.25, 0.3) is 49.9 Å². The van der Waals surface area contributed by atoms with Gasteiger partial charge in [0.15, 0.2) is 0 Å². The molecule has 3 atom stereocenters. The van der Waals surface area contributed by atoms with E-state index >= 15 is 0 Å². The van der Waals surface area contributed by atoms with Crippen LogP contribution < -0.4 is 21.3 Å². The molecule has 9 aromatic rings. The molecule has 2 aliphatic heterocycles. The predicted molar refractivity (Wildman–Crippen MR) is 417 cm³/mol. The van der Waals surface area contributed by atoms with Crippen LogP contribution in [0, 0.1) is 17.8 Å². The van der Waals surface area contributed by atoms with Crippen molar-refractivity contribution in [2.75, 3.05) is 117 Å². The highest BCUT2D eigenvalue weighted by atomic mass is 16.5. The van der Waals surface area contributed by atoms with Gasteiger partial charge in [-0.1, -0.05) is 77.5 Å². The number of morpholine rings is 1. The number of nitrogens with zero attached hydrogens (tertiary/aromatic N) is 15. The van der Waals surface area contributed by atoms with Crippen LogP contribution in [-0.2, 0) is 18.9 Å². The van der Waals surface area contributed by atoms with Crippen LogP contribution in [0.2, 0.25) is 0 Å². The highest BCUT2D eigenvalue weighted by Crippen LogP contribution is 2.43. The maximum absolute atomic E-state index is 13.0. The summed E-state index contributed by atoms with van der Waals surface area (Å²) in [6.45, 7) is 24.4. The Hall–Kier alpha value is -9.08. The first kappa shape index (κ1) is 77.5. The molecular formula is C81H111N19O7. The van der Waals surface area contributed by atoms with E-state index in [1.165, 1.54) is 55.6 Å². The number of hydrogen-bond acceptors (Lipinski definition) is 20. The van der Waals surface area contributed by atoms with Crippen molar-refractivity contribution in [1.29, 1.82) is 0 Å². The van der Waals surface area contributed by atoms with Crippen molar-refractivity contribution in [3.05, 3.63) is 126 Å². The van der Waals surface area contributed by atoms with Crippen LogP contribution in [0.4, 0.5) is 17.8 Å². The molecule has 572 valence electrons. The molecular weight excluding hydrogens is 1350 g/mol. The van der Waals surface area contributed by atoms with E-state index in [1.54, 1.807) is 44.7 Å². The topological polar surface area (TPSA) is 275 Å². The van der Waals surface area contributed by atoms with Gasteiger partial charge < -0.3 is 54.9 Å². The Bertz CT molecular complexity index is 4390. The van der Waals surface area contributed by atoms with Crippen molar-refractivity contribution in [1.82, 2.24) is 78.8 Å². The first-order valence-corrected chi connectivity index (χ1v) is 38.8. The van der Waals surface area contributed by atoms with Crippen molar-refractivity contribution in [3.8, 4) is 33.4 Å². The van der Waals surface area contributed by atoms with E-state index in [-0.39, 0.29) is 41.9 Å². The number of nitrogens with one attached hydrogen (secondary N) is 4. The molecule has 4 N–H and O–H groups in total. The van der Waals surface area contributed by atoms with Crippen LogP contribution in [-0.4, -0.2) is 216 Å². The Morgan fingerprint density at radius 2 is 0.766 bits per heavy atom. The van der Waals surface area contributed by atoms with Gasteiger partial charge in [0.2, 0.25) is 17.8 Å². The quantitative estimate of drug-likeness (QED) is 0.0491. The van der Waals surface area contributed by atoms with Crippen LogP contribution >= 0.6 is 0 Å². The molecule has 11 heterocycles. The molecule has 5 aliphatic rings. The Morgan fingerprint density at radius 3 is 1.07 bits per heavy atom. The SMILES string of the molecule is COC[C@H](C)Nc1ncc2c(-c3ccc(C(=O)N4CCN(C)CC4)nc3)cc(C3CCC(C)CC3)n2n1.COC[C@H](C)Nc1ncc2c(-c3ccc(C(=O)N4CCOCC4)nc3)cc(C3CCC(C)CC3)n2n1.COC[C@H](C)Nc1ncc2c(-c3ccc(C(=O)NC(C)C)nc3)cc(C3CCC(C)CC3)n2n1. The maximum atomic E-state index is 13.0. The van der Waals surface area contributed by atoms with Crippen molar-refractivity contribution < 1.29 is 33.3 Å². The molecule has 0 unspecified atom stereocenters. The third-order valence-electron chi connectivity index (χ3n) is 21.7. The molecule has 3 aliphatic carbocycles. The van der Waals surface area contributed by atoms with Gasteiger partial charge in [0.05, 0.1) is 68.2 Å². The van der Waals surface area contributed by atoms with Gasteiger partial charge >= 0.3 is 0 Å². The first-order chi connectivity index (χ1) is 51.8. The molecule has 26 nitrogen and oxygen atoms in total. The number of hydrogen-bond donors (Lipinski definition) is 4. The Morgan fingerprint density at radius 1 is 0.439 bits per heavy atom. The van der Waals surface area contributed by atoms with Gasteiger partial charge in [-0.05, 0) is 134 Å². The summed E-state index contributed by atoms with van der Waals surface area (Å²) in [5.41, 5.74) is 13.9. The van der Waals surface area contributed by atoms with Crippen LogP contribution in [0.1, 0.15) is 199 Å². The summed E-state index contributed by atoms with van der Waals surface area (Å²) in [5, 5.41) is 27.6. The number of likely N-dealkylation sites (N-methyl/N-ethyl adjacent to an activating group) is 1. The van der Waals surface area contributed by atoms with Crippen molar-refractivity contribution in [3.63, 3.8) is 0 Å². The van der Waals surface area contributed by atoms with Crippen molar-refractivity contribution >= 4 is 52.1 Å². The largest absolute Gasteiger partial charge is 0.383 e. The number of piperazine rings is 1. The fraction of sp³-hybridized carbons (Fsp3) is 0.556. The Labute approximate surface area is 629 Å². The van der Waals surface area contributed by atoms with Gasteiger partial charge in [0.1, 0.15) is 17.1 Å². The predicted octanol–water partition coefficient (Wildman–Crippen LogP) is 12.6. The fourth-order valence-electron chi connectivity index (χ4n) is 15.5. The van der Waals surface area contributed by atoms with E-state index in [0.717, 1.165) is 132 Å². The third kappa shape index (κ3) is 19.3. The monoisotopic (exact) mass is 1460 g/mol. The molecule has 0 aromatic carbocycles. The number of amides is 3. The lowest BCUT2D eigenvalue weighted by atomic mass is 9.81. The van der Waals surface area contributed by atoms with E-state index in [0.29, 0.717) is 98.8 Å². The smallest absolute Gasteiger partial charge is 0.272 e. The highest BCUT2D eigenvalue weighted by Gasteiger charge is 2.31. The highest BCUT2D eigenvalue weighted by molar-refractivity contribution is 5.95. The van der Waals surface area contributed by atoms with Gasteiger partial charge in [-0.25, -0.2) is 28.5 Å². The van der Waals surface area contributed by atoms with Crippen molar-refractivity contribution in [2.45, 2.75) is 174 Å². The lowest BCUT2D eigenvalue weighted by Crippen LogP contribution is -2.47. The number of aromatic nitrogens is 12. The number of pyridine rings is 3. The third-order valence-corrected chi connectivity index (χ3v) is 21.7. The summed E-state index contributed by atoms with van der Waals surface area (Å²) in [6.07, 6.45) is 25.4. The average molecular weight is 1460 g/mol. The number of ether oxygens (including phenoxy) is 4. The van der Waals surface area contributed by atoms with Crippen LogP contribution in [0.3, 0.4) is 0 Å². The lowest BCUT2D eigenvalue weighted by molar-refractivity contribution is 0.0299. The lowest BCUT2D eigenvalue weighted by Gasteiger charge is -2.32. The fourth-order valence-corrected chi connectivity index (χ4v) is 15.5. The van der Waals surface area contributed by atoms with Gasteiger partial charge in [0.25, 0.3) is 17.7 Å². The molecule has 14 rings (SSSR count). The summed E-state index contributed by atoms with van der Waals surface area (Å²) < 4.78 is 27.3. The minimum Gasteiger partial charge on any atom is -0.383 e. The van der Waals surface area contributed by atoms with Gasteiger partial charge in [-0.15, -0.1) is 15.3 Å². The molecule has 3 saturated carbocycles. The van der Waals surface area contributed by atoms with Crippen LogP contribution in [0.5, 0.6) is 0 Å². The number of rotatable bonds is 22. The zero-order valence-electron chi connectivity index (χ0n) is 64.8. The minimum atomic E-state index is -0.162. The average Bonchev–Trinajstić information content (AvgIpc) is 1.63. The number of anilines is 3. The molecule has 0 radical (unpaired) electrons. The maximum Gasteiger partial charge on any atom is 0.272 e. The summed E-state index contributed by atoms with van der Waals surface area (Å²) in [6, 6.07) is 18.5. The first-order valence-electron chi connectivity index (χ1n) is 38.8.